The lowest BCUT2D eigenvalue weighted by molar-refractivity contribution is 0.366. The fourth-order valence-electron chi connectivity index (χ4n) is 2.53. The van der Waals surface area contributed by atoms with E-state index in [2.05, 4.69) is 0 Å². The molecular weight excluding hydrogens is 332 g/mol. The molecule has 25 heavy (non-hydrogen) atoms. The van der Waals surface area contributed by atoms with Gasteiger partial charge in [0.2, 0.25) is 5.75 Å². The average molecular weight is 346 g/mol. The van der Waals surface area contributed by atoms with Crippen LogP contribution in [0.15, 0.2) is 33.5 Å². The van der Waals surface area contributed by atoms with E-state index in [-0.39, 0.29) is 45.3 Å². The van der Waals surface area contributed by atoms with E-state index in [1.54, 1.807) is 0 Å². The zero-order chi connectivity index (χ0) is 18.3. The van der Waals surface area contributed by atoms with Crippen molar-refractivity contribution in [2.24, 2.45) is 0 Å². The fraction of sp³-hybridized carbons (Fsp3) is 0.118. The van der Waals surface area contributed by atoms with E-state index in [1.807, 2.05) is 0 Å². The summed E-state index contributed by atoms with van der Waals surface area (Å²) in [6.07, 6.45) is 0. The van der Waals surface area contributed by atoms with E-state index in [4.69, 9.17) is 13.9 Å². The van der Waals surface area contributed by atoms with Gasteiger partial charge in [0.05, 0.1) is 19.8 Å². The minimum atomic E-state index is -0.613. The van der Waals surface area contributed by atoms with Gasteiger partial charge in [0.1, 0.15) is 22.6 Å². The van der Waals surface area contributed by atoms with Crippen molar-refractivity contribution >= 4 is 11.0 Å². The van der Waals surface area contributed by atoms with Gasteiger partial charge < -0.3 is 34.3 Å². The Morgan fingerprint density at radius 2 is 1.52 bits per heavy atom. The highest BCUT2D eigenvalue weighted by Gasteiger charge is 2.20. The summed E-state index contributed by atoms with van der Waals surface area (Å²) < 4.78 is 15.6. The zero-order valence-corrected chi connectivity index (χ0v) is 13.2. The Morgan fingerprint density at radius 1 is 0.840 bits per heavy atom. The number of ether oxygens (including phenoxy) is 2. The highest BCUT2D eigenvalue weighted by atomic mass is 16.5. The SMILES string of the molecule is COc1cc(-c2cc(=O)c3c(O)cc(O)c(OC)c3o2)c(O)cc1O. The van der Waals surface area contributed by atoms with Crippen LogP contribution in [-0.4, -0.2) is 34.6 Å². The maximum Gasteiger partial charge on any atom is 0.204 e. The molecule has 0 aliphatic heterocycles. The van der Waals surface area contributed by atoms with Gasteiger partial charge in [0.25, 0.3) is 0 Å². The Labute approximate surface area is 140 Å². The smallest absolute Gasteiger partial charge is 0.204 e. The summed E-state index contributed by atoms with van der Waals surface area (Å²) in [5.41, 5.74) is -0.731. The first-order chi connectivity index (χ1) is 11.9. The van der Waals surface area contributed by atoms with Gasteiger partial charge in [-0.15, -0.1) is 0 Å². The number of hydrogen-bond donors (Lipinski definition) is 4. The number of hydrogen-bond acceptors (Lipinski definition) is 8. The first-order valence-corrected chi connectivity index (χ1v) is 7.04. The van der Waals surface area contributed by atoms with Gasteiger partial charge in [-0.25, -0.2) is 0 Å². The van der Waals surface area contributed by atoms with E-state index in [0.29, 0.717) is 0 Å². The molecule has 0 amide bonds. The van der Waals surface area contributed by atoms with Crippen molar-refractivity contribution in [1.82, 2.24) is 0 Å². The van der Waals surface area contributed by atoms with Gasteiger partial charge in [-0.2, -0.15) is 0 Å². The molecule has 1 aromatic heterocycles. The first-order valence-electron chi connectivity index (χ1n) is 7.04. The molecule has 3 aromatic rings. The molecule has 1 heterocycles. The Morgan fingerprint density at radius 3 is 2.16 bits per heavy atom. The number of fused-ring (bicyclic) bond motifs is 1. The Kier molecular flexibility index (Phi) is 3.80. The first kappa shape index (κ1) is 16.3. The highest BCUT2D eigenvalue weighted by Crippen LogP contribution is 2.43. The molecule has 0 spiro atoms. The van der Waals surface area contributed by atoms with Crippen molar-refractivity contribution < 1.29 is 34.3 Å². The van der Waals surface area contributed by atoms with Crippen LogP contribution in [0.3, 0.4) is 0 Å². The van der Waals surface area contributed by atoms with Crippen molar-refractivity contribution in [3.8, 4) is 45.8 Å². The molecule has 0 unspecified atom stereocenters. The van der Waals surface area contributed by atoms with Crippen LogP contribution in [-0.2, 0) is 0 Å². The minimum absolute atomic E-state index is 0.0567. The van der Waals surface area contributed by atoms with Crippen LogP contribution in [0.25, 0.3) is 22.3 Å². The standard InChI is InChI=1S/C17H14O8/c1-23-14-3-7(8(18)4-9(14)19)13-6-11(21)15-10(20)5-12(22)16(24-2)17(15)25-13/h3-6,18-20,22H,1-2H3. The summed E-state index contributed by atoms with van der Waals surface area (Å²) >= 11 is 0. The number of aromatic hydroxyl groups is 4. The van der Waals surface area contributed by atoms with E-state index < -0.39 is 16.9 Å². The molecule has 0 fully saturated rings. The van der Waals surface area contributed by atoms with E-state index in [0.717, 1.165) is 18.2 Å². The van der Waals surface area contributed by atoms with Gasteiger partial charge in [0.15, 0.2) is 28.3 Å². The Balaban J connectivity index is 2.38. The summed E-state index contributed by atoms with van der Waals surface area (Å²) in [6, 6.07) is 4.35. The summed E-state index contributed by atoms with van der Waals surface area (Å²) in [7, 11) is 2.59. The second kappa shape index (κ2) is 5.82. The highest BCUT2D eigenvalue weighted by molar-refractivity contribution is 5.91. The molecule has 0 bridgehead atoms. The van der Waals surface area contributed by atoms with Gasteiger partial charge in [-0.05, 0) is 6.07 Å². The number of rotatable bonds is 3. The number of phenolic OH excluding ortho intramolecular Hbond substituents is 4. The summed E-state index contributed by atoms with van der Waals surface area (Å²) in [5, 5.41) is 39.3. The number of phenols is 4. The third-order valence-electron chi connectivity index (χ3n) is 3.68. The molecule has 0 aliphatic carbocycles. The van der Waals surface area contributed by atoms with Crippen molar-refractivity contribution in [3.63, 3.8) is 0 Å². The van der Waals surface area contributed by atoms with Crippen molar-refractivity contribution in [1.29, 1.82) is 0 Å². The average Bonchev–Trinajstić information content (AvgIpc) is 2.54. The molecule has 0 atom stereocenters. The van der Waals surface area contributed by atoms with Crippen molar-refractivity contribution in [3.05, 3.63) is 34.5 Å². The maximum atomic E-state index is 12.4. The van der Waals surface area contributed by atoms with Crippen LogP contribution in [0.2, 0.25) is 0 Å². The molecule has 3 rings (SSSR count). The third-order valence-corrected chi connectivity index (χ3v) is 3.68. The lowest BCUT2D eigenvalue weighted by Crippen LogP contribution is -2.02. The van der Waals surface area contributed by atoms with Crippen molar-refractivity contribution in [2.45, 2.75) is 0 Å². The summed E-state index contributed by atoms with van der Waals surface area (Å²) in [4.78, 5) is 12.4. The second-order valence-electron chi connectivity index (χ2n) is 5.17. The molecule has 0 saturated heterocycles. The molecule has 0 radical (unpaired) electrons. The molecule has 2 aromatic carbocycles. The van der Waals surface area contributed by atoms with Gasteiger partial charge >= 0.3 is 0 Å². The molecule has 130 valence electrons. The molecular formula is C17H14O8. The van der Waals surface area contributed by atoms with E-state index >= 15 is 0 Å². The number of methoxy groups -OCH3 is 2. The van der Waals surface area contributed by atoms with Gasteiger partial charge in [-0.1, -0.05) is 0 Å². The predicted molar refractivity (Wildman–Crippen MR) is 87.7 cm³/mol. The second-order valence-corrected chi connectivity index (χ2v) is 5.17. The quantitative estimate of drug-likeness (QED) is 0.568. The summed E-state index contributed by atoms with van der Waals surface area (Å²) in [5.74, 6) is -1.69. The van der Waals surface area contributed by atoms with E-state index in [1.165, 1.54) is 20.3 Å². The normalized spacial score (nSPS) is 10.8. The summed E-state index contributed by atoms with van der Waals surface area (Å²) in [6.45, 7) is 0. The van der Waals surface area contributed by atoms with Gasteiger partial charge in [-0.3, -0.25) is 4.79 Å². The topological polar surface area (TPSA) is 130 Å². The van der Waals surface area contributed by atoms with Crippen LogP contribution in [0.4, 0.5) is 0 Å². The van der Waals surface area contributed by atoms with Gasteiger partial charge in [0, 0.05) is 18.2 Å². The minimum Gasteiger partial charge on any atom is -0.507 e. The predicted octanol–water partition coefficient (Wildman–Crippen LogP) is 2.30. The third kappa shape index (κ3) is 2.53. The molecule has 8 nitrogen and oxygen atoms in total. The van der Waals surface area contributed by atoms with Crippen LogP contribution < -0.4 is 14.9 Å². The van der Waals surface area contributed by atoms with E-state index in [9.17, 15) is 25.2 Å². The Bertz CT molecular complexity index is 1040. The molecule has 4 N–H and O–H groups in total. The van der Waals surface area contributed by atoms with Crippen LogP contribution in [0, 0.1) is 0 Å². The van der Waals surface area contributed by atoms with Crippen LogP contribution in [0.1, 0.15) is 0 Å². The molecule has 8 heteroatoms. The maximum absolute atomic E-state index is 12.4. The molecule has 0 aliphatic rings. The van der Waals surface area contributed by atoms with Crippen LogP contribution >= 0.6 is 0 Å². The monoisotopic (exact) mass is 346 g/mol. The zero-order valence-electron chi connectivity index (χ0n) is 13.2. The Hall–Kier alpha value is -3.55. The number of benzene rings is 2. The largest absolute Gasteiger partial charge is 0.507 e. The fourth-order valence-corrected chi connectivity index (χ4v) is 2.53. The van der Waals surface area contributed by atoms with Crippen molar-refractivity contribution in [2.75, 3.05) is 14.2 Å². The lowest BCUT2D eigenvalue weighted by Gasteiger charge is -2.12. The lowest BCUT2D eigenvalue weighted by atomic mass is 10.1. The molecule has 0 saturated carbocycles. The van der Waals surface area contributed by atoms with Crippen LogP contribution in [0.5, 0.6) is 34.5 Å².